The number of phenolic OH excluding ortho intramolecular Hbond substituents is 1. The molecular formula is C30H46O4. The first kappa shape index (κ1) is 28.2. The molecule has 0 fully saturated rings. The van der Waals surface area contributed by atoms with Crippen LogP contribution in [0.2, 0.25) is 0 Å². The number of allylic oxidation sites excluding steroid dienone is 5. The van der Waals surface area contributed by atoms with E-state index in [0.29, 0.717) is 11.3 Å². The summed E-state index contributed by atoms with van der Waals surface area (Å²) in [5.74, 6) is 1.45. The lowest BCUT2D eigenvalue weighted by atomic mass is 9.84. The van der Waals surface area contributed by atoms with Crippen molar-refractivity contribution in [2.45, 2.75) is 105 Å². The number of fused-ring (bicyclic) bond motifs is 1. The van der Waals surface area contributed by atoms with Crippen LogP contribution in [0.15, 0.2) is 34.9 Å². The van der Waals surface area contributed by atoms with Crippen LogP contribution in [0.3, 0.4) is 0 Å². The van der Waals surface area contributed by atoms with E-state index in [4.69, 9.17) is 14.9 Å². The lowest BCUT2D eigenvalue weighted by molar-refractivity contribution is 0.0558. The maximum absolute atomic E-state index is 10.6. The van der Waals surface area contributed by atoms with E-state index < -0.39 is 0 Å². The van der Waals surface area contributed by atoms with Crippen molar-refractivity contribution in [3.05, 3.63) is 57.2 Å². The van der Waals surface area contributed by atoms with Crippen LogP contribution in [-0.2, 0) is 12.8 Å². The van der Waals surface area contributed by atoms with Gasteiger partial charge in [-0.2, -0.15) is 0 Å². The maximum atomic E-state index is 10.6. The minimum absolute atomic E-state index is 0.0670. The van der Waals surface area contributed by atoms with Gasteiger partial charge in [0.25, 0.3) is 0 Å². The van der Waals surface area contributed by atoms with E-state index in [9.17, 15) is 5.11 Å². The Hall–Kier alpha value is -2.04. The molecule has 1 unspecified atom stereocenters. The SMILES string of the molecule is CCc1c(C)c2c(c(C)c1O)CCC(C)(CC/C=C(\C)CC/C=C(\C)CCC=C(CO)CO)O2. The third kappa shape index (κ3) is 7.48. The van der Waals surface area contributed by atoms with Gasteiger partial charge >= 0.3 is 0 Å². The highest BCUT2D eigenvalue weighted by atomic mass is 16.5. The minimum Gasteiger partial charge on any atom is -0.507 e. The van der Waals surface area contributed by atoms with Crippen LogP contribution in [0.4, 0.5) is 0 Å². The summed E-state index contributed by atoms with van der Waals surface area (Å²) in [6.07, 6.45) is 15.2. The summed E-state index contributed by atoms with van der Waals surface area (Å²) >= 11 is 0. The van der Waals surface area contributed by atoms with Gasteiger partial charge in [0, 0.05) is 11.1 Å². The van der Waals surface area contributed by atoms with Gasteiger partial charge in [-0.05, 0) is 109 Å². The van der Waals surface area contributed by atoms with Crippen molar-refractivity contribution in [3.8, 4) is 11.5 Å². The van der Waals surface area contributed by atoms with E-state index in [0.717, 1.165) is 80.2 Å². The summed E-state index contributed by atoms with van der Waals surface area (Å²) in [6, 6.07) is 0. The Bertz CT molecular complexity index is 916. The van der Waals surface area contributed by atoms with Crippen LogP contribution in [0, 0.1) is 13.8 Å². The topological polar surface area (TPSA) is 69.9 Å². The first-order chi connectivity index (χ1) is 16.2. The molecule has 2 rings (SSSR count). The van der Waals surface area contributed by atoms with E-state index in [1.807, 2.05) is 13.0 Å². The third-order valence-corrected chi connectivity index (χ3v) is 7.34. The lowest BCUT2D eigenvalue weighted by Crippen LogP contribution is -2.37. The smallest absolute Gasteiger partial charge is 0.127 e. The quantitative estimate of drug-likeness (QED) is 0.294. The molecule has 0 saturated heterocycles. The maximum Gasteiger partial charge on any atom is 0.127 e. The molecule has 0 amide bonds. The monoisotopic (exact) mass is 470 g/mol. The summed E-state index contributed by atoms with van der Waals surface area (Å²) in [6.45, 7) is 12.6. The first-order valence-electron chi connectivity index (χ1n) is 12.9. The largest absolute Gasteiger partial charge is 0.507 e. The number of aromatic hydroxyl groups is 1. The molecule has 4 nitrogen and oxygen atoms in total. The minimum atomic E-state index is -0.172. The Morgan fingerprint density at radius 2 is 1.53 bits per heavy atom. The second-order valence-electron chi connectivity index (χ2n) is 10.2. The molecule has 1 aliphatic heterocycles. The zero-order valence-electron chi connectivity index (χ0n) is 22.3. The number of aliphatic hydroxyl groups excluding tert-OH is 2. The number of rotatable bonds is 12. The molecule has 0 aliphatic carbocycles. The zero-order chi connectivity index (χ0) is 25.3. The standard InChI is InChI=1S/C30H46O4/c1-7-26-24(5)29-27(23(4)28(26)33)16-18-30(6,34-29)17-10-14-22(3)12-8-11-21(2)13-9-15-25(19-31)20-32/h11,14-15,31-33H,7-10,12-13,16-20H2,1-6H3/b21-11+,22-14+. The van der Waals surface area contributed by atoms with E-state index in [-0.39, 0.29) is 18.8 Å². The fourth-order valence-corrected chi connectivity index (χ4v) is 4.87. The van der Waals surface area contributed by atoms with Gasteiger partial charge in [-0.3, -0.25) is 0 Å². The summed E-state index contributed by atoms with van der Waals surface area (Å²) in [5, 5.41) is 28.8. The van der Waals surface area contributed by atoms with E-state index in [1.54, 1.807) is 0 Å². The van der Waals surface area contributed by atoms with Crippen molar-refractivity contribution in [3.63, 3.8) is 0 Å². The van der Waals surface area contributed by atoms with Gasteiger partial charge in [-0.15, -0.1) is 0 Å². The van der Waals surface area contributed by atoms with Gasteiger partial charge in [0.15, 0.2) is 0 Å². The molecule has 0 spiro atoms. The Labute approximate surface area is 207 Å². The molecule has 1 atom stereocenters. The Morgan fingerprint density at radius 1 is 0.941 bits per heavy atom. The highest BCUT2D eigenvalue weighted by Gasteiger charge is 2.34. The van der Waals surface area contributed by atoms with Crippen LogP contribution < -0.4 is 4.74 Å². The fraction of sp³-hybridized carbons (Fsp3) is 0.600. The van der Waals surface area contributed by atoms with Crippen molar-refractivity contribution < 1.29 is 20.1 Å². The molecule has 0 radical (unpaired) electrons. The Kier molecular flexibility index (Phi) is 10.9. The van der Waals surface area contributed by atoms with Gasteiger partial charge in [-0.1, -0.05) is 36.3 Å². The molecule has 34 heavy (non-hydrogen) atoms. The second-order valence-corrected chi connectivity index (χ2v) is 10.2. The summed E-state index contributed by atoms with van der Waals surface area (Å²) < 4.78 is 6.61. The number of hydrogen-bond donors (Lipinski definition) is 3. The molecule has 0 saturated carbocycles. The van der Waals surface area contributed by atoms with Crippen molar-refractivity contribution >= 4 is 0 Å². The number of phenols is 1. The number of aliphatic hydroxyl groups is 2. The van der Waals surface area contributed by atoms with Crippen molar-refractivity contribution in [1.82, 2.24) is 0 Å². The molecule has 1 aromatic carbocycles. The molecular weight excluding hydrogens is 424 g/mol. The zero-order valence-corrected chi connectivity index (χ0v) is 22.3. The average Bonchev–Trinajstić information content (AvgIpc) is 2.81. The molecule has 3 N–H and O–H groups in total. The molecule has 190 valence electrons. The molecule has 1 heterocycles. The van der Waals surface area contributed by atoms with Gasteiger partial charge in [-0.25, -0.2) is 0 Å². The normalized spacial score (nSPS) is 18.5. The van der Waals surface area contributed by atoms with Gasteiger partial charge in [0.05, 0.1) is 13.2 Å². The third-order valence-electron chi connectivity index (χ3n) is 7.34. The fourth-order valence-electron chi connectivity index (χ4n) is 4.87. The van der Waals surface area contributed by atoms with Crippen LogP contribution in [0.5, 0.6) is 11.5 Å². The van der Waals surface area contributed by atoms with Crippen LogP contribution in [0.25, 0.3) is 0 Å². The highest BCUT2D eigenvalue weighted by Crippen LogP contribution is 2.44. The van der Waals surface area contributed by atoms with Gasteiger partial charge in [0.1, 0.15) is 17.1 Å². The summed E-state index contributed by atoms with van der Waals surface area (Å²) in [4.78, 5) is 0. The molecule has 1 aromatic rings. The summed E-state index contributed by atoms with van der Waals surface area (Å²) in [5.41, 5.74) is 7.56. The molecule has 0 bridgehead atoms. The molecule has 0 aromatic heterocycles. The van der Waals surface area contributed by atoms with E-state index in [2.05, 4.69) is 46.8 Å². The van der Waals surface area contributed by atoms with Crippen LogP contribution in [-0.4, -0.2) is 34.1 Å². The number of ether oxygens (including phenoxy) is 1. The predicted molar refractivity (Wildman–Crippen MR) is 142 cm³/mol. The van der Waals surface area contributed by atoms with Crippen molar-refractivity contribution in [2.24, 2.45) is 0 Å². The Balaban J connectivity index is 1.87. The lowest BCUT2D eigenvalue weighted by Gasteiger charge is -2.38. The van der Waals surface area contributed by atoms with Crippen molar-refractivity contribution in [1.29, 1.82) is 0 Å². The first-order valence-corrected chi connectivity index (χ1v) is 12.9. The van der Waals surface area contributed by atoms with Crippen molar-refractivity contribution in [2.75, 3.05) is 13.2 Å². The van der Waals surface area contributed by atoms with E-state index >= 15 is 0 Å². The molecule has 4 heteroatoms. The average molecular weight is 471 g/mol. The molecule has 1 aliphatic rings. The highest BCUT2D eigenvalue weighted by molar-refractivity contribution is 5.58. The second kappa shape index (κ2) is 13.2. The van der Waals surface area contributed by atoms with E-state index in [1.165, 1.54) is 16.7 Å². The number of benzene rings is 1. The Morgan fingerprint density at radius 3 is 2.12 bits per heavy atom. The predicted octanol–water partition coefficient (Wildman–Crippen LogP) is 6.80. The van der Waals surface area contributed by atoms with Gasteiger partial charge in [0.2, 0.25) is 0 Å². The summed E-state index contributed by atoms with van der Waals surface area (Å²) in [7, 11) is 0. The van der Waals surface area contributed by atoms with Crippen LogP contribution in [0.1, 0.15) is 94.9 Å². The number of hydrogen-bond acceptors (Lipinski definition) is 4. The van der Waals surface area contributed by atoms with Gasteiger partial charge < -0.3 is 20.1 Å². The van der Waals surface area contributed by atoms with Crippen LogP contribution >= 0.6 is 0 Å².